The third-order valence-corrected chi connectivity index (χ3v) is 13.4. The minimum atomic E-state index is -0.790. The Kier molecular flexibility index (Phi) is 61.4. The van der Waals surface area contributed by atoms with E-state index in [9.17, 15) is 14.4 Å². The van der Waals surface area contributed by atoms with E-state index in [0.717, 1.165) is 141 Å². The van der Waals surface area contributed by atoms with Crippen LogP contribution in [0.3, 0.4) is 0 Å². The molecule has 0 aliphatic rings. The van der Waals surface area contributed by atoms with E-state index in [1.807, 2.05) is 0 Å². The number of hydrogen-bond acceptors (Lipinski definition) is 6. The van der Waals surface area contributed by atoms with E-state index in [2.05, 4.69) is 154 Å². The molecule has 0 aromatic heterocycles. The van der Waals surface area contributed by atoms with Gasteiger partial charge in [0, 0.05) is 19.3 Å². The zero-order valence-electron chi connectivity index (χ0n) is 50.6. The Hall–Kier alpha value is -4.45. The maximum atomic E-state index is 12.9. The van der Waals surface area contributed by atoms with Crippen molar-refractivity contribution in [3.63, 3.8) is 0 Å². The van der Waals surface area contributed by atoms with Crippen LogP contribution in [0, 0.1) is 0 Å². The van der Waals surface area contributed by atoms with Crippen molar-refractivity contribution in [2.75, 3.05) is 13.2 Å². The van der Waals surface area contributed by atoms with Crippen molar-refractivity contribution < 1.29 is 28.6 Å². The Morgan fingerprint density at radius 1 is 0.269 bits per heavy atom. The summed E-state index contributed by atoms with van der Waals surface area (Å²) < 4.78 is 16.9. The first-order valence-electron chi connectivity index (χ1n) is 32.2. The molecular weight excluding hydrogens is 961 g/mol. The zero-order chi connectivity index (χ0) is 56.4. The molecule has 0 N–H and O–H groups in total. The Labute approximate surface area is 481 Å². The third kappa shape index (κ3) is 62.4. The van der Waals surface area contributed by atoms with Gasteiger partial charge in [0.15, 0.2) is 6.10 Å². The summed E-state index contributed by atoms with van der Waals surface area (Å²) in [5.41, 5.74) is 0. The highest BCUT2D eigenvalue weighted by atomic mass is 16.6. The van der Waals surface area contributed by atoms with Gasteiger partial charge in [0.1, 0.15) is 13.2 Å². The monoisotopic (exact) mass is 1080 g/mol. The molecule has 1 unspecified atom stereocenters. The molecule has 0 radical (unpaired) electrons. The van der Waals surface area contributed by atoms with Crippen molar-refractivity contribution in [2.45, 2.75) is 290 Å². The smallest absolute Gasteiger partial charge is 0.306 e. The van der Waals surface area contributed by atoms with Crippen LogP contribution in [0.25, 0.3) is 0 Å². The number of rotatable bonds is 57. The molecule has 0 heterocycles. The van der Waals surface area contributed by atoms with Gasteiger partial charge in [0.05, 0.1) is 0 Å². The van der Waals surface area contributed by atoms with E-state index in [0.29, 0.717) is 19.3 Å². The van der Waals surface area contributed by atoms with Gasteiger partial charge in [-0.15, -0.1) is 0 Å². The number of ether oxygens (including phenoxy) is 3. The molecule has 0 aromatic rings. The van der Waals surface area contributed by atoms with Crippen LogP contribution in [0.1, 0.15) is 284 Å². The second-order valence-electron chi connectivity index (χ2n) is 20.9. The number of allylic oxidation sites excluding steroid dienone is 22. The SMILES string of the molecule is CC/C=C\C/C=C\C/C=C\C/C=C\C/C=C\C/C=C\CCCCCCCCC(=O)OC(COC(=O)CCCCCCCCCC)COC(=O)CCCCCCCCCCCCC/C=C\C/C=C\C/C=C\C/C=C\C/C=C\CC. The first-order valence-corrected chi connectivity index (χ1v) is 32.2. The second-order valence-corrected chi connectivity index (χ2v) is 20.9. The van der Waals surface area contributed by atoms with Gasteiger partial charge < -0.3 is 14.2 Å². The van der Waals surface area contributed by atoms with E-state index >= 15 is 0 Å². The normalized spacial score (nSPS) is 13.0. The Morgan fingerprint density at radius 3 is 0.782 bits per heavy atom. The first-order chi connectivity index (χ1) is 38.5. The lowest BCUT2D eigenvalue weighted by molar-refractivity contribution is -0.167. The van der Waals surface area contributed by atoms with Gasteiger partial charge in [-0.2, -0.15) is 0 Å². The molecule has 0 rings (SSSR count). The minimum Gasteiger partial charge on any atom is -0.462 e. The number of carbonyl (C=O) groups is 3. The molecule has 0 aromatic carbocycles. The first kappa shape index (κ1) is 73.5. The summed E-state index contributed by atoms with van der Waals surface area (Å²) in [7, 11) is 0. The van der Waals surface area contributed by atoms with E-state index < -0.39 is 6.10 Å². The van der Waals surface area contributed by atoms with Gasteiger partial charge in [-0.25, -0.2) is 0 Å². The van der Waals surface area contributed by atoms with Crippen LogP contribution in [0.2, 0.25) is 0 Å². The molecule has 0 fully saturated rings. The molecule has 0 aliphatic carbocycles. The summed E-state index contributed by atoms with van der Waals surface area (Å²) >= 11 is 0. The molecule has 0 aliphatic heterocycles. The molecule has 0 bridgehead atoms. The summed E-state index contributed by atoms with van der Waals surface area (Å²) in [6.45, 7) is 6.38. The average Bonchev–Trinajstić information content (AvgIpc) is 3.44. The molecule has 6 nitrogen and oxygen atoms in total. The second kappa shape index (κ2) is 65.1. The predicted octanol–water partition coefficient (Wildman–Crippen LogP) is 22.2. The van der Waals surface area contributed by atoms with E-state index in [-0.39, 0.29) is 31.1 Å². The largest absolute Gasteiger partial charge is 0.462 e. The molecule has 0 spiro atoms. The summed E-state index contributed by atoms with van der Waals surface area (Å²) in [6, 6.07) is 0. The highest BCUT2D eigenvalue weighted by Gasteiger charge is 2.19. The van der Waals surface area contributed by atoms with Crippen molar-refractivity contribution in [3.8, 4) is 0 Å². The Morgan fingerprint density at radius 2 is 0.500 bits per heavy atom. The number of hydrogen-bond donors (Lipinski definition) is 0. The Bertz CT molecular complexity index is 1670. The van der Waals surface area contributed by atoms with Gasteiger partial charge in [0.25, 0.3) is 0 Å². The topological polar surface area (TPSA) is 78.9 Å². The maximum absolute atomic E-state index is 12.9. The number of esters is 3. The summed E-state index contributed by atoms with van der Waals surface area (Å²) in [6.07, 6.45) is 91.8. The van der Waals surface area contributed by atoms with Crippen LogP contribution in [-0.2, 0) is 28.6 Å². The lowest BCUT2D eigenvalue weighted by Crippen LogP contribution is -2.30. The van der Waals surface area contributed by atoms with Crippen LogP contribution in [-0.4, -0.2) is 37.2 Å². The van der Waals surface area contributed by atoms with Crippen molar-refractivity contribution in [1.29, 1.82) is 0 Å². The van der Waals surface area contributed by atoms with Crippen molar-refractivity contribution in [2.24, 2.45) is 0 Å². The quantitative estimate of drug-likeness (QED) is 0.0261. The average molecular weight is 1080 g/mol. The van der Waals surface area contributed by atoms with Crippen LogP contribution in [0.15, 0.2) is 134 Å². The highest BCUT2D eigenvalue weighted by Crippen LogP contribution is 2.15. The molecule has 0 amide bonds. The minimum absolute atomic E-state index is 0.0866. The summed E-state index contributed by atoms with van der Waals surface area (Å²) in [4.78, 5) is 38.2. The van der Waals surface area contributed by atoms with Crippen LogP contribution in [0.4, 0.5) is 0 Å². The standard InChI is InChI=1S/C72H118O6/c1-4-7-10-13-16-19-21-23-25-27-29-31-33-35-36-38-39-41-43-45-47-49-51-53-56-59-62-65-71(74)77-68-69(67-76-70(73)64-61-58-55-18-15-12-9-6-3)78-72(75)66-63-60-57-54-52-50-48-46-44-42-40-37-34-32-30-28-26-24-22-20-17-14-11-8-5-2/h7-8,10-11,16-17,19-20,23-26,29-32,35-37,40,44,46,69H,4-6,9,12-15,18,21-22,27-28,33-34,38-39,41-43,45,47-68H2,1-3H3/b10-7-,11-8-,19-16-,20-17-,25-23-,26-24-,31-29-,32-30-,36-35-,40-37-,46-44-. The van der Waals surface area contributed by atoms with E-state index in [4.69, 9.17) is 14.2 Å². The predicted molar refractivity (Wildman–Crippen MR) is 339 cm³/mol. The molecule has 442 valence electrons. The molecule has 0 saturated heterocycles. The number of carbonyl (C=O) groups excluding carboxylic acids is 3. The van der Waals surface area contributed by atoms with Crippen LogP contribution < -0.4 is 0 Å². The van der Waals surface area contributed by atoms with Gasteiger partial charge >= 0.3 is 17.9 Å². The van der Waals surface area contributed by atoms with Crippen LogP contribution >= 0.6 is 0 Å². The van der Waals surface area contributed by atoms with E-state index in [1.165, 1.54) is 103 Å². The van der Waals surface area contributed by atoms with Gasteiger partial charge in [-0.1, -0.05) is 283 Å². The summed E-state index contributed by atoms with van der Waals surface area (Å²) in [5.74, 6) is -0.907. The lowest BCUT2D eigenvalue weighted by atomic mass is 10.0. The molecule has 6 heteroatoms. The summed E-state index contributed by atoms with van der Waals surface area (Å²) in [5, 5.41) is 0. The van der Waals surface area contributed by atoms with Gasteiger partial charge in [-0.05, 0) is 116 Å². The molecular formula is C72H118O6. The molecule has 0 saturated carbocycles. The maximum Gasteiger partial charge on any atom is 0.306 e. The fraction of sp³-hybridized carbons (Fsp3) is 0.653. The fourth-order valence-corrected chi connectivity index (χ4v) is 8.65. The van der Waals surface area contributed by atoms with Gasteiger partial charge in [-0.3, -0.25) is 14.4 Å². The Balaban J connectivity index is 4.24. The number of unbranched alkanes of at least 4 members (excludes halogenated alkanes) is 24. The highest BCUT2D eigenvalue weighted by molar-refractivity contribution is 5.71. The van der Waals surface area contributed by atoms with E-state index in [1.54, 1.807) is 0 Å². The van der Waals surface area contributed by atoms with Crippen LogP contribution in [0.5, 0.6) is 0 Å². The zero-order valence-corrected chi connectivity index (χ0v) is 50.6. The lowest BCUT2D eigenvalue weighted by Gasteiger charge is -2.18. The van der Waals surface area contributed by atoms with Crippen molar-refractivity contribution >= 4 is 17.9 Å². The molecule has 1 atom stereocenters. The molecule has 78 heavy (non-hydrogen) atoms. The third-order valence-electron chi connectivity index (χ3n) is 13.4. The van der Waals surface area contributed by atoms with Crippen molar-refractivity contribution in [3.05, 3.63) is 134 Å². The fourth-order valence-electron chi connectivity index (χ4n) is 8.65. The van der Waals surface area contributed by atoms with Crippen molar-refractivity contribution in [1.82, 2.24) is 0 Å². The van der Waals surface area contributed by atoms with Gasteiger partial charge in [0.2, 0.25) is 0 Å².